The van der Waals surface area contributed by atoms with Crippen molar-refractivity contribution in [3.63, 3.8) is 0 Å². The molecule has 0 bridgehead atoms. The molecule has 36 heavy (non-hydrogen) atoms. The highest BCUT2D eigenvalue weighted by Crippen LogP contribution is 2.29. The van der Waals surface area contributed by atoms with Crippen LogP contribution in [0.2, 0.25) is 0 Å². The molecule has 0 unspecified atom stereocenters. The van der Waals surface area contributed by atoms with Gasteiger partial charge in [0.05, 0.1) is 44.2 Å². The Morgan fingerprint density at radius 2 is 1.94 bits per heavy atom. The van der Waals surface area contributed by atoms with Gasteiger partial charge in [0.1, 0.15) is 17.4 Å². The second-order valence-electron chi connectivity index (χ2n) is 8.81. The van der Waals surface area contributed by atoms with Crippen molar-refractivity contribution in [1.82, 2.24) is 14.9 Å². The van der Waals surface area contributed by atoms with E-state index >= 15 is 0 Å². The minimum atomic E-state index is -0.203. The summed E-state index contributed by atoms with van der Waals surface area (Å²) >= 11 is 0. The van der Waals surface area contributed by atoms with Gasteiger partial charge in [0.15, 0.2) is 0 Å². The van der Waals surface area contributed by atoms with Crippen molar-refractivity contribution >= 4 is 17.5 Å². The van der Waals surface area contributed by atoms with E-state index in [0.717, 1.165) is 47.3 Å². The number of aromatic nitrogens is 2. The van der Waals surface area contributed by atoms with E-state index < -0.39 is 0 Å². The molecular formula is C27H28N6O3. The van der Waals surface area contributed by atoms with Crippen LogP contribution in [-0.2, 0) is 24.1 Å². The van der Waals surface area contributed by atoms with Crippen molar-refractivity contribution in [1.29, 1.82) is 5.26 Å². The number of nitriles is 1. The second kappa shape index (κ2) is 10.6. The first-order valence-electron chi connectivity index (χ1n) is 12.0. The molecule has 2 amide bonds. The van der Waals surface area contributed by atoms with Crippen LogP contribution in [0.4, 0.5) is 16.3 Å². The molecule has 3 aromatic rings. The van der Waals surface area contributed by atoms with Crippen LogP contribution in [-0.4, -0.2) is 60.9 Å². The molecule has 9 heteroatoms. The van der Waals surface area contributed by atoms with Gasteiger partial charge >= 0.3 is 6.03 Å². The Kier molecular flexibility index (Phi) is 6.96. The van der Waals surface area contributed by atoms with Crippen molar-refractivity contribution in [3.05, 3.63) is 76.7 Å². The molecule has 1 aromatic heterocycles. The van der Waals surface area contributed by atoms with Gasteiger partial charge in [-0.3, -0.25) is 0 Å². The summed E-state index contributed by atoms with van der Waals surface area (Å²) in [5.74, 6) is 2.47. The summed E-state index contributed by atoms with van der Waals surface area (Å²) in [6, 6.07) is 16.8. The number of morpholine rings is 1. The van der Waals surface area contributed by atoms with Gasteiger partial charge in [-0.2, -0.15) is 5.26 Å². The van der Waals surface area contributed by atoms with E-state index in [1.807, 2.05) is 24.3 Å². The number of methoxy groups -OCH3 is 1. The topological polar surface area (TPSA) is 104 Å². The molecule has 1 N–H and O–H groups in total. The van der Waals surface area contributed by atoms with Crippen LogP contribution in [0.25, 0.3) is 0 Å². The highest BCUT2D eigenvalue weighted by molar-refractivity contribution is 5.89. The zero-order valence-corrected chi connectivity index (χ0v) is 20.2. The third-order valence-electron chi connectivity index (χ3n) is 6.45. The number of amides is 2. The van der Waals surface area contributed by atoms with Gasteiger partial charge < -0.3 is 24.6 Å². The summed E-state index contributed by atoms with van der Waals surface area (Å²) in [5, 5.41) is 12.1. The number of carbonyl (C=O) groups excluding carboxylic acids is 1. The van der Waals surface area contributed by atoms with E-state index in [1.54, 1.807) is 36.3 Å². The lowest BCUT2D eigenvalue weighted by Crippen LogP contribution is -2.42. The normalized spacial score (nSPS) is 15.1. The van der Waals surface area contributed by atoms with Crippen LogP contribution in [0.15, 0.2) is 48.5 Å². The number of nitrogens with one attached hydrogen (secondary N) is 1. The van der Waals surface area contributed by atoms with E-state index in [2.05, 4.69) is 16.3 Å². The quantitative estimate of drug-likeness (QED) is 0.592. The van der Waals surface area contributed by atoms with Crippen LogP contribution >= 0.6 is 0 Å². The largest absolute Gasteiger partial charge is 0.497 e. The summed E-state index contributed by atoms with van der Waals surface area (Å²) < 4.78 is 10.8. The van der Waals surface area contributed by atoms with Crippen molar-refractivity contribution in [2.45, 2.75) is 19.4 Å². The van der Waals surface area contributed by atoms with E-state index in [0.29, 0.717) is 50.4 Å². The molecule has 1 saturated heterocycles. The van der Waals surface area contributed by atoms with Crippen molar-refractivity contribution in [2.24, 2.45) is 0 Å². The first-order chi connectivity index (χ1) is 17.6. The Morgan fingerprint density at radius 1 is 1.14 bits per heavy atom. The smallest absolute Gasteiger partial charge is 0.322 e. The fourth-order valence-electron chi connectivity index (χ4n) is 4.53. The molecule has 0 saturated carbocycles. The predicted molar refractivity (Wildman–Crippen MR) is 135 cm³/mol. The third-order valence-corrected chi connectivity index (χ3v) is 6.45. The third kappa shape index (κ3) is 5.24. The Hall–Kier alpha value is -4.16. The molecule has 5 rings (SSSR count). The van der Waals surface area contributed by atoms with Crippen LogP contribution in [0.3, 0.4) is 0 Å². The summed E-state index contributed by atoms with van der Waals surface area (Å²) in [7, 11) is 1.66. The number of nitrogens with zero attached hydrogens (tertiary/aromatic N) is 5. The molecule has 0 aliphatic carbocycles. The molecule has 0 spiro atoms. The second-order valence-corrected chi connectivity index (χ2v) is 8.81. The SMILES string of the molecule is COc1ccc(Cc2nc3c(c(N4CCOCC4)n2)CN(C(=O)Nc2cccc(C#N)c2)CC3)cc1. The summed E-state index contributed by atoms with van der Waals surface area (Å²) in [6.07, 6.45) is 1.27. The molecule has 9 nitrogen and oxygen atoms in total. The number of fused-ring (bicyclic) bond motifs is 1. The fourth-order valence-corrected chi connectivity index (χ4v) is 4.53. The fraction of sp³-hybridized carbons (Fsp3) is 0.333. The zero-order chi connectivity index (χ0) is 24.9. The van der Waals surface area contributed by atoms with E-state index in [4.69, 9.17) is 24.7 Å². The Bertz CT molecular complexity index is 1280. The highest BCUT2D eigenvalue weighted by atomic mass is 16.5. The molecule has 1 fully saturated rings. The van der Waals surface area contributed by atoms with Gasteiger partial charge in [-0.1, -0.05) is 18.2 Å². The van der Waals surface area contributed by atoms with Crippen molar-refractivity contribution in [3.8, 4) is 11.8 Å². The maximum Gasteiger partial charge on any atom is 0.322 e. The molecule has 2 aromatic carbocycles. The van der Waals surface area contributed by atoms with Gasteiger partial charge in [-0.05, 0) is 35.9 Å². The minimum Gasteiger partial charge on any atom is -0.497 e. The lowest BCUT2D eigenvalue weighted by Gasteiger charge is -2.34. The van der Waals surface area contributed by atoms with E-state index in [9.17, 15) is 4.79 Å². The molecular weight excluding hydrogens is 456 g/mol. The van der Waals surface area contributed by atoms with Gasteiger partial charge in [0.25, 0.3) is 0 Å². The Labute approximate surface area is 210 Å². The maximum absolute atomic E-state index is 13.1. The lowest BCUT2D eigenvalue weighted by atomic mass is 10.0. The average molecular weight is 485 g/mol. The van der Waals surface area contributed by atoms with Crippen molar-refractivity contribution in [2.75, 3.05) is 50.2 Å². The van der Waals surface area contributed by atoms with Gasteiger partial charge in [0.2, 0.25) is 0 Å². The van der Waals surface area contributed by atoms with Crippen LogP contribution in [0, 0.1) is 11.3 Å². The van der Waals surface area contributed by atoms with Gasteiger partial charge in [0, 0.05) is 43.7 Å². The summed E-state index contributed by atoms with van der Waals surface area (Å²) in [5.41, 5.74) is 4.20. The molecule has 0 radical (unpaired) electrons. The Balaban J connectivity index is 1.39. The number of carbonyl (C=O) groups is 1. The molecule has 184 valence electrons. The predicted octanol–water partition coefficient (Wildman–Crippen LogP) is 3.37. The van der Waals surface area contributed by atoms with Crippen LogP contribution < -0.4 is 15.0 Å². The maximum atomic E-state index is 13.1. The molecule has 2 aliphatic rings. The Morgan fingerprint density at radius 3 is 2.69 bits per heavy atom. The summed E-state index contributed by atoms with van der Waals surface area (Å²) in [4.78, 5) is 27.0. The monoisotopic (exact) mass is 484 g/mol. The molecule has 3 heterocycles. The number of hydrogen-bond donors (Lipinski definition) is 1. The highest BCUT2D eigenvalue weighted by Gasteiger charge is 2.28. The van der Waals surface area contributed by atoms with E-state index in [1.165, 1.54) is 0 Å². The number of benzene rings is 2. The van der Waals surface area contributed by atoms with Crippen LogP contribution in [0.5, 0.6) is 5.75 Å². The number of ether oxygens (including phenoxy) is 2. The van der Waals surface area contributed by atoms with Crippen LogP contribution in [0.1, 0.15) is 28.2 Å². The average Bonchev–Trinajstić information content (AvgIpc) is 2.93. The molecule has 2 aliphatic heterocycles. The first kappa shape index (κ1) is 23.6. The molecule has 0 atom stereocenters. The minimum absolute atomic E-state index is 0.203. The van der Waals surface area contributed by atoms with E-state index in [-0.39, 0.29) is 6.03 Å². The zero-order valence-electron chi connectivity index (χ0n) is 20.2. The number of urea groups is 1. The van der Waals surface area contributed by atoms with Gasteiger partial charge in [-0.25, -0.2) is 14.8 Å². The summed E-state index contributed by atoms with van der Waals surface area (Å²) in [6.45, 7) is 3.77. The lowest BCUT2D eigenvalue weighted by molar-refractivity contribution is 0.122. The first-order valence-corrected chi connectivity index (χ1v) is 12.0. The number of rotatable bonds is 5. The van der Waals surface area contributed by atoms with Gasteiger partial charge in [-0.15, -0.1) is 0 Å². The number of anilines is 2. The standard InChI is InChI=1S/C27H28N6O3/c1-35-22-7-5-19(6-8-22)16-25-30-24-9-10-33(27(34)29-21-4-2-3-20(15-21)17-28)18-23(24)26(31-25)32-11-13-36-14-12-32/h2-8,15H,9-14,16,18H2,1H3,(H,29,34). The number of hydrogen-bond acceptors (Lipinski definition) is 7. The van der Waals surface area contributed by atoms with Crippen molar-refractivity contribution < 1.29 is 14.3 Å².